The molecule has 0 bridgehead atoms. The summed E-state index contributed by atoms with van der Waals surface area (Å²) in [6.45, 7) is 11.4. The van der Waals surface area contributed by atoms with Gasteiger partial charge in [0.15, 0.2) is 0 Å². The van der Waals surface area contributed by atoms with Crippen LogP contribution in [0.25, 0.3) is 27.7 Å². The Labute approximate surface area is 219 Å². The molecule has 2 heterocycles. The van der Waals surface area contributed by atoms with Crippen molar-refractivity contribution in [1.82, 2.24) is 4.90 Å². The first-order chi connectivity index (χ1) is 17.8. The normalized spacial score (nSPS) is 14.4. The third kappa shape index (κ3) is 4.99. The molecule has 0 spiro atoms. The summed E-state index contributed by atoms with van der Waals surface area (Å²) in [5.41, 5.74) is 9.66. The van der Waals surface area contributed by atoms with E-state index in [1.165, 1.54) is 22.4 Å². The Morgan fingerprint density at radius 2 is 1.62 bits per heavy atom. The second-order valence-corrected chi connectivity index (χ2v) is 9.99. The van der Waals surface area contributed by atoms with Gasteiger partial charge in [-0.2, -0.15) is 0 Å². The molecule has 0 atom stereocenters. The molecule has 1 saturated heterocycles. The molecule has 0 radical (unpaired) electrons. The van der Waals surface area contributed by atoms with Crippen LogP contribution in [0.5, 0.6) is 5.75 Å². The third-order valence-corrected chi connectivity index (χ3v) is 7.32. The quantitative estimate of drug-likeness (QED) is 0.287. The number of hydrogen-bond acceptors (Lipinski definition) is 4. The Hall–Kier alpha value is -3.99. The van der Waals surface area contributed by atoms with Crippen LogP contribution in [0.3, 0.4) is 0 Å². The van der Waals surface area contributed by atoms with E-state index < -0.39 is 0 Å². The van der Waals surface area contributed by atoms with Crippen molar-refractivity contribution in [2.24, 2.45) is 0 Å². The van der Waals surface area contributed by atoms with Crippen LogP contribution in [0, 0.1) is 20.8 Å². The number of piperazine rings is 1. The number of furan rings is 1. The lowest BCUT2D eigenvalue weighted by Gasteiger charge is -2.36. The topological polar surface area (TPSA) is 45.9 Å². The molecule has 0 aliphatic carbocycles. The Kier molecular flexibility index (Phi) is 6.79. The van der Waals surface area contributed by atoms with Crippen LogP contribution in [0.15, 0.2) is 71.4 Å². The number of methoxy groups -OCH3 is 1. The van der Waals surface area contributed by atoms with Gasteiger partial charge >= 0.3 is 0 Å². The number of nitrogens with zero attached hydrogens (tertiary/aromatic N) is 2. The van der Waals surface area contributed by atoms with Crippen LogP contribution >= 0.6 is 0 Å². The minimum Gasteiger partial charge on any atom is -0.496 e. The zero-order valence-electron chi connectivity index (χ0n) is 22.3. The van der Waals surface area contributed by atoms with Crippen molar-refractivity contribution in [3.05, 3.63) is 89.2 Å². The number of amides is 1. The van der Waals surface area contributed by atoms with Gasteiger partial charge in [0.1, 0.15) is 11.3 Å². The molecule has 4 aromatic rings. The maximum Gasteiger partial charge on any atom is 0.246 e. The maximum atomic E-state index is 13.3. The summed E-state index contributed by atoms with van der Waals surface area (Å²) < 4.78 is 11.6. The van der Waals surface area contributed by atoms with Gasteiger partial charge in [-0.3, -0.25) is 4.79 Å². The number of benzene rings is 3. The summed E-state index contributed by atoms with van der Waals surface area (Å²) in [7, 11) is 1.65. The number of ether oxygens (including phenoxy) is 1. The standard InChI is InChI=1S/C32H34N2O3/c1-21-7-10-25(11-8-21)28-20-37-31-19-30(36-5)26(18-27(28)31)24(4)17-32(35)34-14-12-33(13-15-34)29-16-22(2)6-9-23(29)3/h6-11,16-20H,12-15H2,1-5H3/b24-17+. The third-order valence-electron chi connectivity index (χ3n) is 7.32. The molecule has 0 unspecified atom stereocenters. The van der Waals surface area contributed by atoms with E-state index in [0.717, 1.165) is 46.3 Å². The SMILES string of the molecule is COc1cc2occ(-c3ccc(C)cc3)c2cc1/C(C)=C/C(=O)N1CCN(c2cc(C)ccc2C)CC1. The Morgan fingerprint density at radius 3 is 2.32 bits per heavy atom. The zero-order chi connectivity index (χ0) is 26.1. The number of carbonyl (C=O) groups excluding carboxylic acids is 1. The molecule has 1 aromatic heterocycles. The van der Waals surface area contributed by atoms with Gasteiger partial charge in [-0.15, -0.1) is 0 Å². The molecule has 0 N–H and O–H groups in total. The lowest BCUT2D eigenvalue weighted by atomic mass is 9.98. The molecule has 1 fully saturated rings. The average Bonchev–Trinajstić information content (AvgIpc) is 3.32. The van der Waals surface area contributed by atoms with E-state index in [2.05, 4.69) is 74.2 Å². The van der Waals surface area contributed by atoms with E-state index in [4.69, 9.17) is 9.15 Å². The summed E-state index contributed by atoms with van der Waals surface area (Å²) >= 11 is 0. The molecule has 0 saturated carbocycles. The van der Waals surface area contributed by atoms with Gasteiger partial charge in [-0.1, -0.05) is 42.0 Å². The van der Waals surface area contributed by atoms with Gasteiger partial charge in [0, 0.05) is 60.5 Å². The van der Waals surface area contributed by atoms with E-state index in [1.807, 2.05) is 17.9 Å². The predicted molar refractivity (Wildman–Crippen MR) is 151 cm³/mol. The van der Waals surface area contributed by atoms with Crippen molar-refractivity contribution in [3.63, 3.8) is 0 Å². The molecule has 1 aliphatic heterocycles. The minimum atomic E-state index is 0.0335. The summed E-state index contributed by atoms with van der Waals surface area (Å²) in [5, 5.41) is 1.00. The smallest absolute Gasteiger partial charge is 0.246 e. The van der Waals surface area contributed by atoms with Gasteiger partial charge < -0.3 is 19.0 Å². The fraction of sp³-hybridized carbons (Fsp3) is 0.281. The fourth-order valence-corrected chi connectivity index (χ4v) is 5.07. The average molecular weight is 495 g/mol. The molecule has 190 valence electrons. The van der Waals surface area contributed by atoms with E-state index in [1.54, 1.807) is 19.4 Å². The molecule has 5 nitrogen and oxygen atoms in total. The highest BCUT2D eigenvalue weighted by Crippen LogP contribution is 2.37. The van der Waals surface area contributed by atoms with Crippen molar-refractivity contribution in [2.45, 2.75) is 27.7 Å². The van der Waals surface area contributed by atoms with Crippen LogP contribution in [0.4, 0.5) is 5.69 Å². The molecular formula is C32H34N2O3. The van der Waals surface area contributed by atoms with Gasteiger partial charge in [0.05, 0.1) is 13.4 Å². The molecule has 1 aliphatic rings. The van der Waals surface area contributed by atoms with Crippen molar-refractivity contribution in [3.8, 4) is 16.9 Å². The highest BCUT2D eigenvalue weighted by Gasteiger charge is 2.22. The first kappa shape index (κ1) is 24.7. The van der Waals surface area contributed by atoms with Crippen molar-refractivity contribution in [1.29, 1.82) is 0 Å². The number of aryl methyl sites for hydroxylation is 3. The fourth-order valence-electron chi connectivity index (χ4n) is 5.07. The number of allylic oxidation sites excluding steroid dienone is 1. The summed E-state index contributed by atoms with van der Waals surface area (Å²) in [5.74, 6) is 0.727. The Balaban J connectivity index is 1.37. The highest BCUT2D eigenvalue weighted by atomic mass is 16.5. The van der Waals surface area contributed by atoms with Gasteiger partial charge in [-0.05, 0) is 62.1 Å². The van der Waals surface area contributed by atoms with Gasteiger partial charge in [0.2, 0.25) is 5.91 Å². The molecular weight excluding hydrogens is 460 g/mol. The van der Waals surface area contributed by atoms with Crippen LogP contribution in [0.2, 0.25) is 0 Å². The molecule has 5 rings (SSSR count). The van der Waals surface area contributed by atoms with Gasteiger partial charge in [-0.25, -0.2) is 0 Å². The van der Waals surface area contributed by atoms with Crippen molar-refractivity contribution < 1.29 is 13.9 Å². The van der Waals surface area contributed by atoms with Crippen molar-refractivity contribution >= 4 is 28.1 Å². The second-order valence-electron chi connectivity index (χ2n) is 9.99. The lowest BCUT2D eigenvalue weighted by molar-refractivity contribution is -0.126. The summed E-state index contributed by atoms with van der Waals surface area (Å²) in [6, 6.07) is 18.9. The van der Waals surface area contributed by atoms with Crippen molar-refractivity contribution in [2.75, 3.05) is 38.2 Å². The van der Waals surface area contributed by atoms with Crippen LogP contribution in [-0.4, -0.2) is 44.1 Å². The minimum absolute atomic E-state index is 0.0335. The number of anilines is 1. The summed E-state index contributed by atoms with van der Waals surface area (Å²) in [4.78, 5) is 17.6. The van der Waals surface area contributed by atoms with Crippen LogP contribution < -0.4 is 9.64 Å². The zero-order valence-corrected chi connectivity index (χ0v) is 22.3. The van der Waals surface area contributed by atoms with E-state index in [0.29, 0.717) is 18.8 Å². The summed E-state index contributed by atoms with van der Waals surface area (Å²) in [6.07, 6.45) is 3.53. The molecule has 37 heavy (non-hydrogen) atoms. The van der Waals surface area contributed by atoms with E-state index in [9.17, 15) is 4.79 Å². The molecule has 3 aromatic carbocycles. The first-order valence-electron chi connectivity index (χ1n) is 12.8. The molecule has 1 amide bonds. The van der Waals surface area contributed by atoms with E-state index in [-0.39, 0.29) is 5.91 Å². The number of hydrogen-bond donors (Lipinski definition) is 0. The Morgan fingerprint density at radius 1 is 0.919 bits per heavy atom. The lowest BCUT2D eigenvalue weighted by Crippen LogP contribution is -2.48. The first-order valence-corrected chi connectivity index (χ1v) is 12.8. The predicted octanol–water partition coefficient (Wildman–Crippen LogP) is 6.79. The van der Waals surface area contributed by atoms with Gasteiger partial charge in [0.25, 0.3) is 0 Å². The largest absolute Gasteiger partial charge is 0.496 e. The maximum absolute atomic E-state index is 13.3. The highest BCUT2D eigenvalue weighted by molar-refractivity contribution is 6.00. The van der Waals surface area contributed by atoms with E-state index >= 15 is 0 Å². The number of carbonyl (C=O) groups is 1. The van der Waals surface area contributed by atoms with Crippen LogP contribution in [0.1, 0.15) is 29.2 Å². The Bertz CT molecular complexity index is 1470. The van der Waals surface area contributed by atoms with Crippen LogP contribution in [-0.2, 0) is 4.79 Å². The second kappa shape index (κ2) is 10.2. The monoisotopic (exact) mass is 494 g/mol. The molecule has 5 heteroatoms. The number of fused-ring (bicyclic) bond motifs is 1. The number of rotatable bonds is 5.